The number of aromatic nitrogens is 2. The molecule has 1 fully saturated rings. The van der Waals surface area contributed by atoms with Crippen LogP contribution in [0.2, 0.25) is 0 Å². The topological polar surface area (TPSA) is 96.2 Å². The molecule has 7 heteroatoms. The maximum Gasteiger partial charge on any atom is 0.270 e. The van der Waals surface area contributed by atoms with Crippen molar-refractivity contribution in [2.75, 3.05) is 29.1 Å². The number of carbonyl (C=O) groups is 1. The smallest absolute Gasteiger partial charge is 0.270 e. The SMILES string of the molecule is Nc1c(NNC(=O)c2cccc3ccccc23)ncnc1N1CCCC1. The van der Waals surface area contributed by atoms with Crippen LogP contribution in [-0.2, 0) is 0 Å². The third-order valence-electron chi connectivity index (χ3n) is 4.60. The summed E-state index contributed by atoms with van der Waals surface area (Å²) in [7, 11) is 0. The van der Waals surface area contributed by atoms with Crippen LogP contribution >= 0.6 is 0 Å². The molecule has 2 heterocycles. The van der Waals surface area contributed by atoms with Gasteiger partial charge in [-0.25, -0.2) is 9.97 Å². The van der Waals surface area contributed by atoms with Gasteiger partial charge in [0.2, 0.25) is 0 Å². The Labute approximate surface area is 151 Å². The number of rotatable bonds is 4. The third kappa shape index (κ3) is 2.99. The van der Waals surface area contributed by atoms with Crippen LogP contribution < -0.4 is 21.5 Å². The van der Waals surface area contributed by atoms with Crippen LogP contribution in [0, 0.1) is 0 Å². The zero-order chi connectivity index (χ0) is 17.9. The van der Waals surface area contributed by atoms with Crippen LogP contribution in [0.1, 0.15) is 23.2 Å². The van der Waals surface area contributed by atoms with Gasteiger partial charge in [0.25, 0.3) is 5.91 Å². The number of hydrazine groups is 1. The summed E-state index contributed by atoms with van der Waals surface area (Å²) in [6, 6.07) is 13.4. The van der Waals surface area contributed by atoms with Gasteiger partial charge in [0, 0.05) is 18.7 Å². The Bertz CT molecular complexity index is 946. The molecule has 1 aliphatic heterocycles. The molecule has 1 aliphatic rings. The number of amides is 1. The number of hydrogen-bond acceptors (Lipinski definition) is 6. The molecule has 2 aromatic carbocycles. The van der Waals surface area contributed by atoms with Crippen LogP contribution in [-0.4, -0.2) is 29.0 Å². The first kappa shape index (κ1) is 16.1. The van der Waals surface area contributed by atoms with E-state index >= 15 is 0 Å². The number of nitrogen functional groups attached to an aromatic ring is 1. The van der Waals surface area contributed by atoms with E-state index < -0.39 is 0 Å². The quantitative estimate of drug-likeness (QED) is 0.627. The predicted molar refractivity (Wildman–Crippen MR) is 103 cm³/mol. The van der Waals surface area contributed by atoms with Crippen LogP contribution in [0.25, 0.3) is 10.8 Å². The average Bonchev–Trinajstić information content (AvgIpc) is 3.21. The van der Waals surface area contributed by atoms with Gasteiger partial charge >= 0.3 is 0 Å². The molecule has 1 amide bonds. The van der Waals surface area contributed by atoms with E-state index in [1.807, 2.05) is 36.4 Å². The molecule has 1 saturated heterocycles. The van der Waals surface area contributed by atoms with Crippen LogP contribution in [0.3, 0.4) is 0 Å². The van der Waals surface area contributed by atoms with Crippen molar-refractivity contribution in [3.8, 4) is 0 Å². The normalized spacial score (nSPS) is 13.8. The first-order valence-corrected chi connectivity index (χ1v) is 8.63. The average molecular weight is 348 g/mol. The molecule has 4 N–H and O–H groups in total. The minimum absolute atomic E-state index is 0.248. The molecule has 7 nitrogen and oxygen atoms in total. The molecule has 26 heavy (non-hydrogen) atoms. The standard InChI is InChI=1S/C19H20N6O/c20-16-17(21-12-22-18(16)25-10-3-4-11-25)23-24-19(26)15-9-5-7-13-6-1-2-8-14(13)15/h1-2,5-9,12H,3-4,10-11,20H2,(H,24,26)(H,21,22,23). The van der Waals surface area contributed by atoms with E-state index in [0.29, 0.717) is 22.9 Å². The Kier molecular flexibility index (Phi) is 4.27. The molecule has 0 bridgehead atoms. The predicted octanol–water partition coefficient (Wildman–Crippen LogP) is 2.57. The van der Waals surface area contributed by atoms with Crippen molar-refractivity contribution >= 4 is 34.0 Å². The van der Waals surface area contributed by atoms with Gasteiger partial charge < -0.3 is 10.6 Å². The maximum absolute atomic E-state index is 12.6. The van der Waals surface area contributed by atoms with Crippen molar-refractivity contribution < 1.29 is 4.79 Å². The molecular formula is C19H20N6O. The molecular weight excluding hydrogens is 328 g/mol. The minimum Gasteiger partial charge on any atom is -0.393 e. The van der Waals surface area contributed by atoms with Crippen molar-refractivity contribution in [1.29, 1.82) is 0 Å². The monoisotopic (exact) mass is 348 g/mol. The van der Waals surface area contributed by atoms with Gasteiger partial charge in [-0.3, -0.25) is 15.6 Å². The number of nitrogens with one attached hydrogen (secondary N) is 2. The Hall–Kier alpha value is -3.35. The highest BCUT2D eigenvalue weighted by atomic mass is 16.2. The largest absolute Gasteiger partial charge is 0.393 e. The fourth-order valence-electron chi connectivity index (χ4n) is 3.27. The van der Waals surface area contributed by atoms with Gasteiger partial charge in [0.05, 0.1) is 0 Å². The minimum atomic E-state index is -0.248. The molecule has 132 valence electrons. The fraction of sp³-hybridized carbons (Fsp3) is 0.211. The summed E-state index contributed by atoms with van der Waals surface area (Å²) in [5.41, 5.74) is 12.7. The highest BCUT2D eigenvalue weighted by Gasteiger charge is 2.19. The summed E-state index contributed by atoms with van der Waals surface area (Å²) in [4.78, 5) is 23.2. The van der Waals surface area contributed by atoms with Crippen LogP contribution in [0.15, 0.2) is 48.8 Å². The molecule has 0 aliphatic carbocycles. The second-order valence-electron chi connectivity index (χ2n) is 6.26. The number of nitrogens with two attached hydrogens (primary N) is 1. The molecule has 0 atom stereocenters. The van der Waals surface area contributed by atoms with E-state index in [2.05, 4.69) is 25.7 Å². The maximum atomic E-state index is 12.6. The second kappa shape index (κ2) is 6.87. The summed E-state index contributed by atoms with van der Waals surface area (Å²) < 4.78 is 0. The molecule has 0 radical (unpaired) electrons. The van der Waals surface area contributed by atoms with Gasteiger partial charge in [-0.15, -0.1) is 0 Å². The number of nitrogens with zero attached hydrogens (tertiary/aromatic N) is 3. The fourth-order valence-corrected chi connectivity index (χ4v) is 3.27. The van der Waals surface area contributed by atoms with Crippen molar-refractivity contribution in [2.45, 2.75) is 12.8 Å². The zero-order valence-electron chi connectivity index (χ0n) is 14.3. The number of anilines is 3. The Balaban J connectivity index is 1.53. The molecule has 0 spiro atoms. The Morgan fingerprint density at radius 2 is 1.81 bits per heavy atom. The second-order valence-corrected chi connectivity index (χ2v) is 6.26. The van der Waals surface area contributed by atoms with Crippen LogP contribution in [0.4, 0.5) is 17.3 Å². The summed E-state index contributed by atoms with van der Waals surface area (Å²) in [6.07, 6.45) is 3.71. The van der Waals surface area contributed by atoms with E-state index in [0.717, 1.165) is 36.7 Å². The molecule has 0 saturated carbocycles. The number of hydrogen-bond donors (Lipinski definition) is 3. The number of fused-ring (bicyclic) bond motifs is 1. The molecule has 0 unspecified atom stereocenters. The van der Waals surface area contributed by atoms with Crippen molar-refractivity contribution in [3.05, 3.63) is 54.4 Å². The van der Waals surface area contributed by atoms with Gasteiger partial charge in [0.15, 0.2) is 11.6 Å². The lowest BCUT2D eigenvalue weighted by atomic mass is 10.0. The van der Waals surface area contributed by atoms with E-state index in [9.17, 15) is 4.79 Å². The zero-order valence-corrected chi connectivity index (χ0v) is 14.3. The highest BCUT2D eigenvalue weighted by Crippen LogP contribution is 2.28. The third-order valence-corrected chi connectivity index (χ3v) is 4.60. The lowest BCUT2D eigenvalue weighted by molar-refractivity contribution is 0.0964. The highest BCUT2D eigenvalue weighted by molar-refractivity contribution is 6.07. The van der Waals surface area contributed by atoms with E-state index in [1.54, 1.807) is 6.07 Å². The van der Waals surface area contributed by atoms with Gasteiger partial charge in [-0.2, -0.15) is 0 Å². The Morgan fingerprint density at radius 1 is 1.04 bits per heavy atom. The van der Waals surface area contributed by atoms with Crippen LogP contribution in [0.5, 0.6) is 0 Å². The summed E-state index contributed by atoms with van der Waals surface area (Å²) in [5, 5.41) is 1.90. The Morgan fingerprint density at radius 3 is 2.65 bits per heavy atom. The number of carbonyl (C=O) groups excluding carboxylic acids is 1. The molecule has 4 rings (SSSR count). The van der Waals surface area contributed by atoms with Crippen molar-refractivity contribution in [2.24, 2.45) is 0 Å². The summed E-state index contributed by atoms with van der Waals surface area (Å²) in [6.45, 7) is 1.87. The lowest BCUT2D eigenvalue weighted by Gasteiger charge is -2.19. The van der Waals surface area contributed by atoms with Gasteiger partial charge in [-0.1, -0.05) is 36.4 Å². The molecule has 1 aromatic heterocycles. The van der Waals surface area contributed by atoms with Gasteiger partial charge in [-0.05, 0) is 29.7 Å². The van der Waals surface area contributed by atoms with Crippen molar-refractivity contribution in [3.63, 3.8) is 0 Å². The first-order valence-electron chi connectivity index (χ1n) is 8.63. The van der Waals surface area contributed by atoms with Gasteiger partial charge in [0.1, 0.15) is 12.0 Å². The van der Waals surface area contributed by atoms with E-state index in [-0.39, 0.29) is 5.91 Å². The molecule has 3 aromatic rings. The lowest BCUT2D eigenvalue weighted by Crippen LogP contribution is -2.31. The number of benzene rings is 2. The summed E-state index contributed by atoms with van der Waals surface area (Å²) in [5.74, 6) is 0.859. The van der Waals surface area contributed by atoms with E-state index in [4.69, 9.17) is 5.73 Å². The van der Waals surface area contributed by atoms with E-state index in [1.165, 1.54) is 6.33 Å². The first-order chi connectivity index (χ1) is 12.7. The van der Waals surface area contributed by atoms with Crippen molar-refractivity contribution in [1.82, 2.24) is 15.4 Å². The summed E-state index contributed by atoms with van der Waals surface area (Å²) >= 11 is 0.